The maximum Gasteiger partial charge on any atom is 0.124 e. The van der Waals surface area contributed by atoms with Crippen molar-refractivity contribution in [3.8, 4) is 0 Å². The maximum atomic E-state index is 4.37. The van der Waals surface area contributed by atoms with Crippen LogP contribution in [0.15, 0.2) is 24.5 Å². The Hall–Kier alpha value is -1.49. The molecule has 6 heteroatoms. The first kappa shape index (κ1) is 16.6. The van der Waals surface area contributed by atoms with Gasteiger partial charge in [0, 0.05) is 24.8 Å². The van der Waals surface area contributed by atoms with Gasteiger partial charge in [-0.3, -0.25) is 4.68 Å². The maximum absolute atomic E-state index is 4.37. The fourth-order valence-corrected chi connectivity index (χ4v) is 2.07. The van der Waals surface area contributed by atoms with Crippen LogP contribution >= 0.6 is 12.4 Å². The second kappa shape index (κ2) is 7.33. The average molecular weight is 298 g/mol. The second-order valence-corrected chi connectivity index (χ2v) is 5.51. The summed E-state index contributed by atoms with van der Waals surface area (Å²) in [6, 6.07) is 4.42. The van der Waals surface area contributed by atoms with Crippen molar-refractivity contribution in [3.63, 3.8) is 0 Å². The van der Waals surface area contributed by atoms with Crippen LogP contribution in [0.2, 0.25) is 0 Å². The molecule has 0 aromatic carbocycles. The summed E-state index contributed by atoms with van der Waals surface area (Å²) in [4.78, 5) is 0. The molecule has 2 heterocycles. The largest absolute Gasteiger partial charge is 0.365 e. The van der Waals surface area contributed by atoms with Gasteiger partial charge >= 0.3 is 0 Å². The fraction of sp³-hybridized carbons (Fsp3) is 0.571. The number of anilines is 1. The van der Waals surface area contributed by atoms with E-state index in [-0.39, 0.29) is 12.4 Å². The van der Waals surface area contributed by atoms with E-state index in [0.717, 1.165) is 18.9 Å². The van der Waals surface area contributed by atoms with Crippen LogP contribution in [0, 0.1) is 5.92 Å². The van der Waals surface area contributed by atoms with Crippen LogP contribution < -0.4 is 5.32 Å². The minimum Gasteiger partial charge on any atom is -0.365 e. The minimum absolute atomic E-state index is 0. The zero-order chi connectivity index (χ0) is 13.8. The van der Waals surface area contributed by atoms with E-state index in [9.17, 15) is 0 Å². The molecule has 1 N–H and O–H groups in total. The lowest BCUT2D eigenvalue weighted by Gasteiger charge is -2.14. The van der Waals surface area contributed by atoms with Gasteiger partial charge in [-0.25, -0.2) is 4.68 Å². The molecule has 2 aromatic heterocycles. The van der Waals surface area contributed by atoms with E-state index in [1.54, 1.807) is 0 Å². The highest BCUT2D eigenvalue weighted by atomic mass is 35.5. The summed E-state index contributed by atoms with van der Waals surface area (Å²) in [6.45, 7) is 10.4. The molecule has 112 valence electrons. The van der Waals surface area contributed by atoms with Crippen molar-refractivity contribution in [2.45, 2.75) is 46.8 Å². The fourth-order valence-electron chi connectivity index (χ4n) is 2.07. The number of nitrogens with one attached hydrogen (secondary N) is 1. The number of nitrogens with zero attached hydrogens (tertiary/aromatic N) is 4. The van der Waals surface area contributed by atoms with Crippen LogP contribution in [0.25, 0.3) is 0 Å². The summed E-state index contributed by atoms with van der Waals surface area (Å²) in [6.07, 6.45) is 3.69. The molecule has 5 nitrogen and oxygen atoms in total. The smallest absolute Gasteiger partial charge is 0.124 e. The highest BCUT2D eigenvalue weighted by Gasteiger charge is 2.08. The Morgan fingerprint density at radius 3 is 2.45 bits per heavy atom. The molecule has 0 atom stereocenters. The van der Waals surface area contributed by atoms with Crippen molar-refractivity contribution in [3.05, 3.63) is 30.2 Å². The van der Waals surface area contributed by atoms with Crippen molar-refractivity contribution in [2.24, 2.45) is 5.92 Å². The van der Waals surface area contributed by atoms with Crippen molar-refractivity contribution in [1.29, 1.82) is 0 Å². The van der Waals surface area contributed by atoms with Crippen LogP contribution in [0.1, 0.15) is 39.4 Å². The third kappa shape index (κ3) is 4.00. The normalized spacial score (nSPS) is 10.9. The van der Waals surface area contributed by atoms with E-state index >= 15 is 0 Å². The molecule has 0 saturated heterocycles. The van der Waals surface area contributed by atoms with Crippen molar-refractivity contribution < 1.29 is 0 Å². The van der Waals surface area contributed by atoms with E-state index in [1.165, 1.54) is 5.69 Å². The topological polar surface area (TPSA) is 47.7 Å². The predicted molar refractivity (Wildman–Crippen MR) is 84.3 cm³/mol. The first-order valence-corrected chi connectivity index (χ1v) is 6.86. The van der Waals surface area contributed by atoms with E-state index in [0.29, 0.717) is 12.0 Å². The molecular weight excluding hydrogens is 274 g/mol. The Bertz CT molecular complexity index is 515. The molecule has 2 aromatic rings. The van der Waals surface area contributed by atoms with Crippen LogP contribution in [0.4, 0.5) is 5.82 Å². The lowest BCUT2D eigenvalue weighted by atomic mass is 10.2. The van der Waals surface area contributed by atoms with E-state index in [2.05, 4.69) is 54.0 Å². The first-order valence-electron chi connectivity index (χ1n) is 6.86. The zero-order valence-corrected chi connectivity index (χ0v) is 13.4. The van der Waals surface area contributed by atoms with Crippen molar-refractivity contribution in [1.82, 2.24) is 19.6 Å². The Labute approximate surface area is 126 Å². The number of halogens is 1. The molecule has 0 amide bonds. The Morgan fingerprint density at radius 2 is 1.80 bits per heavy atom. The molecule has 0 radical (unpaired) electrons. The van der Waals surface area contributed by atoms with Gasteiger partial charge in [0.25, 0.3) is 0 Å². The third-order valence-corrected chi connectivity index (χ3v) is 2.95. The van der Waals surface area contributed by atoms with Crippen LogP contribution in [-0.4, -0.2) is 19.6 Å². The number of hydrogen-bond donors (Lipinski definition) is 1. The molecule has 0 spiro atoms. The van der Waals surface area contributed by atoms with Gasteiger partial charge in [-0.2, -0.15) is 10.2 Å². The van der Waals surface area contributed by atoms with Gasteiger partial charge in [-0.1, -0.05) is 13.8 Å². The van der Waals surface area contributed by atoms with Gasteiger partial charge in [0.1, 0.15) is 5.82 Å². The first-order chi connectivity index (χ1) is 9.08. The van der Waals surface area contributed by atoms with Crippen LogP contribution in [0.3, 0.4) is 0 Å². The lowest BCUT2D eigenvalue weighted by molar-refractivity contribution is 0.470. The number of hydrogen-bond acceptors (Lipinski definition) is 3. The van der Waals surface area contributed by atoms with Crippen LogP contribution in [-0.2, 0) is 13.1 Å². The molecule has 0 aliphatic carbocycles. The SMILES string of the molecule is CC(C)Cn1nccc1CNc1ccnn1C(C)C.Cl. The van der Waals surface area contributed by atoms with Crippen LogP contribution in [0.5, 0.6) is 0 Å². The molecule has 0 saturated carbocycles. The monoisotopic (exact) mass is 297 g/mol. The Balaban J connectivity index is 0.00000200. The van der Waals surface area contributed by atoms with E-state index in [1.807, 2.05) is 23.1 Å². The molecule has 2 rings (SSSR count). The molecule has 0 aliphatic heterocycles. The lowest BCUT2D eigenvalue weighted by Crippen LogP contribution is -2.14. The molecule has 0 fully saturated rings. The summed E-state index contributed by atoms with van der Waals surface area (Å²) >= 11 is 0. The van der Waals surface area contributed by atoms with Crippen molar-refractivity contribution in [2.75, 3.05) is 5.32 Å². The molecule has 0 unspecified atom stereocenters. The Morgan fingerprint density at radius 1 is 1.10 bits per heavy atom. The second-order valence-electron chi connectivity index (χ2n) is 5.51. The number of rotatable bonds is 6. The number of aromatic nitrogens is 4. The zero-order valence-electron chi connectivity index (χ0n) is 12.6. The summed E-state index contributed by atoms with van der Waals surface area (Å²) in [5, 5.41) is 12.1. The summed E-state index contributed by atoms with van der Waals surface area (Å²) in [7, 11) is 0. The quantitative estimate of drug-likeness (QED) is 0.889. The standard InChI is InChI=1S/C14H23N5.ClH/c1-11(2)10-18-13(5-7-16-18)9-15-14-6-8-17-19(14)12(3)4;/h5-8,11-12,15H,9-10H2,1-4H3;1H. The van der Waals surface area contributed by atoms with Gasteiger partial charge in [-0.15, -0.1) is 12.4 Å². The van der Waals surface area contributed by atoms with Gasteiger partial charge in [-0.05, 0) is 25.8 Å². The average Bonchev–Trinajstić information content (AvgIpc) is 2.94. The minimum atomic E-state index is 0. The van der Waals surface area contributed by atoms with Crippen molar-refractivity contribution >= 4 is 18.2 Å². The summed E-state index contributed by atoms with van der Waals surface area (Å²) in [5.41, 5.74) is 1.20. The van der Waals surface area contributed by atoms with E-state index < -0.39 is 0 Å². The third-order valence-electron chi connectivity index (χ3n) is 2.95. The highest BCUT2D eigenvalue weighted by Crippen LogP contribution is 2.14. The summed E-state index contributed by atoms with van der Waals surface area (Å²) in [5.74, 6) is 1.65. The summed E-state index contributed by atoms with van der Waals surface area (Å²) < 4.78 is 4.05. The highest BCUT2D eigenvalue weighted by molar-refractivity contribution is 5.85. The van der Waals surface area contributed by atoms with Gasteiger partial charge in [0.15, 0.2) is 0 Å². The Kier molecular flexibility index (Phi) is 6.07. The molecular formula is C14H24ClN5. The molecule has 0 bridgehead atoms. The van der Waals surface area contributed by atoms with Gasteiger partial charge in [0.05, 0.1) is 18.4 Å². The van der Waals surface area contributed by atoms with Gasteiger partial charge < -0.3 is 5.32 Å². The molecule has 20 heavy (non-hydrogen) atoms. The van der Waals surface area contributed by atoms with Gasteiger partial charge in [0.2, 0.25) is 0 Å². The molecule has 0 aliphatic rings. The van der Waals surface area contributed by atoms with E-state index in [4.69, 9.17) is 0 Å². The predicted octanol–water partition coefficient (Wildman–Crippen LogP) is 3.35.